The van der Waals surface area contributed by atoms with Crippen LogP contribution in [0.2, 0.25) is 0 Å². The van der Waals surface area contributed by atoms with E-state index in [1.807, 2.05) is 6.92 Å². The second kappa shape index (κ2) is 1.88. The minimum atomic E-state index is -0.500. The molecule has 0 radical (unpaired) electrons. The lowest BCUT2D eigenvalue weighted by molar-refractivity contribution is -0.0993. The lowest BCUT2D eigenvalue weighted by Crippen LogP contribution is -2.20. The highest BCUT2D eigenvalue weighted by atomic mass is 16.7. The Labute approximate surface area is 49.1 Å². The van der Waals surface area contributed by atoms with Gasteiger partial charge in [0.2, 0.25) is 0 Å². The fourth-order valence-electron chi connectivity index (χ4n) is 0.648. The average molecular weight is 114 g/mol. The maximum Gasteiger partial charge on any atom is 0.184 e. The molecule has 0 aromatic carbocycles. The zero-order valence-corrected chi connectivity index (χ0v) is 5.02. The van der Waals surface area contributed by atoms with Crippen LogP contribution in [0.25, 0.3) is 0 Å². The van der Waals surface area contributed by atoms with Crippen LogP contribution in [0.5, 0.6) is 0 Å². The molecule has 1 aliphatic rings. The van der Waals surface area contributed by atoms with E-state index < -0.39 is 5.79 Å². The van der Waals surface area contributed by atoms with Crippen LogP contribution in [0.4, 0.5) is 0 Å². The number of hydrogen-bond acceptors (Lipinski definition) is 2. The van der Waals surface area contributed by atoms with Gasteiger partial charge in [0.05, 0.1) is 13.2 Å². The first-order valence-corrected chi connectivity index (χ1v) is 2.68. The van der Waals surface area contributed by atoms with Gasteiger partial charge < -0.3 is 9.47 Å². The van der Waals surface area contributed by atoms with E-state index >= 15 is 0 Å². The zero-order valence-electron chi connectivity index (χ0n) is 5.02. The van der Waals surface area contributed by atoms with Gasteiger partial charge in [0.15, 0.2) is 5.79 Å². The molecule has 1 fully saturated rings. The van der Waals surface area contributed by atoms with Crippen LogP contribution in [-0.4, -0.2) is 19.0 Å². The molecule has 0 aromatic rings. The van der Waals surface area contributed by atoms with Crippen LogP contribution in [0.15, 0.2) is 12.7 Å². The third kappa shape index (κ3) is 0.904. The molecule has 0 aromatic heterocycles. The van der Waals surface area contributed by atoms with E-state index in [1.54, 1.807) is 6.08 Å². The Morgan fingerprint density at radius 1 is 1.50 bits per heavy atom. The third-order valence-corrected chi connectivity index (χ3v) is 1.23. The first-order chi connectivity index (χ1) is 3.77. The topological polar surface area (TPSA) is 18.5 Å². The van der Waals surface area contributed by atoms with Crippen LogP contribution in [0.1, 0.15) is 6.92 Å². The highest BCUT2D eigenvalue weighted by Crippen LogP contribution is 2.18. The smallest absolute Gasteiger partial charge is 0.184 e. The van der Waals surface area contributed by atoms with Crippen LogP contribution in [0, 0.1) is 0 Å². The second-order valence-corrected chi connectivity index (χ2v) is 1.92. The number of hydrogen-bond donors (Lipinski definition) is 0. The molecule has 1 heterocycles. The summed E-state index contributed by atoms with van der Waals surface area (Å²) < 4.78 is 10.3. The highest BCUT2D eigenvalue weighted by Gasteiger charge is 2.26. The molecule has 8 heavy (non-hydrogen) atoms. The molecule has 0 amide bonds. The van der Waals surface area contributed by atoms with E-state index in [0.717, 1.165) is 0 Å². The third-order valence-electron chi connectivity index (χ3n) is 1.23. The van der Waals surface area contributed by atoms with Crippen molar-refractivity contribution < 1.29 is 9.47 Å². The summed E-state index contributed by atoms with van der Waals surface area (Å²) in [5.41, 5.74) is 0. The van der Waals surface area contributed by atoms with Crippen molar-refractivity contribution in [1.82, 2.24) is 0 Å². The summed E-state index contributed by atoms with van der Waals surface area (Å²) in [6.45, 7) is 6.78. The molecule has 0 N–H and O–H groups in total. The first-order valence-electron chi connectivity index (χ1n) is 2.68. The Balaban J connectivity index is 2.52. The molecule has 2 nitrogen and oxygen atoms in total. The van der Waals surface area contributed by atoms with E-state index in [0.29, 0.717) is 13.2 Å². The molecule has 0 saturated carbocycles. The zero-order chi connectivity index (χ0) is 6.04. The summed E-state index contributed by atoms with van der Waals surface area (Å²) in [6, 6.07) is 0. The Morgan fingerprint density at radius 2 is 2.00 bits per heavy atom. The first kappa shape index (κ1) is 5.79. The predicted molar refractivity (Wildman–Crippen MR) is 30.5 cm³/mol. The van der Waals surface area contributed by atoms with E-state index in [2.05, 4.69) is 6.58 Å². The average Bonchev–Trinajstić information content (AvgIpc) is 2.17. The Kier molecular flexibility index (Phi) is 1.36. The molecule has 1 saturated heterocycles. The normalized spacial score (nSPS) is 25.6. The van der Waals surface area contributed by atoms with Crippen molar-refractivity contribution in [2.24, 2.45) is 0 Å². The minimum absolute atomic E-state index is 0.500. The summed E-state index contributed by atoms with van der Waals surface area (Å²) in [5.74, 6) is -0.500. The molecule has 0 aliphatic carbocycles. The van der Waals surface area contributed by atoms with Crippen LogP contribution < -0.4 is 0 Å². The van der Waals surface area contributed by atoms with E-state index in [1.165, 1.54) is 0 Å². The monoisotopic (exact) mass is 114 g/mol. The van der Waals surface area contributed by atoms with Gasteiger partial charge in [0, 0.05) is 0 Å². The molecule has 0 atom stereocenters. The molecule has 1 aliphatic heterocycles. The molecule has 0 bridgehead atoms. The number of ether oxygens (including phenoxy) is 2. The Bertz CT molecular complexity index is 92.7. The van der Waals surface area contributed by atoms with Gasteiger partial charge in [0.1, 0.15) is 0 Å². The highest BCUT2D eigenvalue weighted by molar-refractivity contribution is 4.87. The van der Waals surface area contributed by atoms with Crippen LogP contribution in [-0.2, 0) is 9.47 Å². The van der Waals surface area contributed by atoms with Crippen molar-refractivity contribution in [1.29, 1.82) is 0 Å². The van der Waals surface area contributed by atoms with Crippen LogP contribution in [0.3, 0.4) is 0 Å². The second-order valence-electron chi connectivity index (χ2n) is 1.92. The van der Waals surface area contributed by atoms with Gasteiger partial charge in [-0.1, -0.05) is 6.58 Å². The molecule has 0 unspecified atom stereocenters. The maximum absolute atomic E-state index is 5.15. The fourth-order valence-corrected chi connectivity index (χ4v) is 0.648. The molecular weight excluding hydrogens is 104 g/mol. The standard InChI is InChI=1S/C6H10O2/c1-3-6(2)7-4-5-8-6/h3H,1,4-5H2,2H3. The molecule has 2 heteroatoms. The molecular formula is C6H10O2. The van der Waals surface area contributed by atoms with Crippen molar-refractivity contribution in [2.45, 2.75) is 12.7 Å². The maximum atomic E-state index is 5.15. The summed E-state index contributed by atoms with van der Waals surface area (Å²) >= 11 is 0. The molecule has 1 rings (SSSR count). The van der Waals surface area contributed by atoms with Gasteiger partial charge in [-0.2, -0.15) is 0 Å². The van der Waals surface area contributed by atoms with Gasteiger partial charge in [0.25, 0.3) is 0 Å². The Morgan fingerprint density at radius 3 is 2.25 bits per heavy atom. The fraction of sp³-hybridized carbons (Fsp3) is 0.667. The summed E-state index contributed by atoms with van der Waals surface area (Å²) in [4.78, 5) is 0. The largest absolute Gasteiger partial charge is 0.344 e. The predicted octanol–water partition coefficient (Wildman–Crippen LogP) is 0.935. The molecule has 46 valence electrons. The van der Waals surface area contributed by atoms with E-state index in [9.17, 15) is 0 Å². The summed E-state index contributed by atoms with van der Waals surface area (Å²) in [5, 5.41) is 0. The van der Waals surface area contributed by atoms with Crippen molar-refractivity contribution in [3.05, 3.63) is 12.7 Å². The van der Waals surface area contributed by atoms with Gasteiger partial charge in [-0.3, -0.25) is 0 Å². The summed E-state index contributed by atoms with van der Waals surface area (Å²) in [6.07, 6.45) is 1.67. The van der Waals surface area contributed by atoms with Gasteiger partial charge in [-0.25, -0.2) is 0 Å². The van der Waals surface area contributed by atoms with Gasteiger partial charge >= 0.3 is 0 Å². The summed E-state index contributed by atoms with van der Waals surface area (Å²) in [7, 11) is 0. The van der Waals surface area contributed by atoms with Crippen molar-refractivity contribution in [3.8, 4) is 0 Å². The van der Waals surface area contributed by atoms with Gasteiger partial charge in [-0.05, 0) is 13.0 Å². The van der Waals surface area contributed by atoms with Crippen molar-refractivity contribution >= 4 is 0 Å². The minimum Gasteiger partial charge on any atom is -0.344 e. The van der Waals surface area contributed by atoms with Crippen molar-refractivity contribution in [2.75, 3.05) is 13.2 Å². The molecule has 0 spiro atoms. The van der Waals surface area contributed by atoms with Gasteiger partial charge in [-0.15, -0.1) is 0 Å². The number of rotatable bonds is 1. The lowest BCUT2D eigenvalue weighted by Gasteiger charge is -2.15. The van der Waals surface area contributed by atoms with Crippen LogP contribution >= 0.6 is 0 Å². The Hall–Kier alpha value is -0.340. The van der Waals surface area contributed by atoms with E-state index in [-0.39, 0.29) is 0 Å². The lowest BCUT2D eigenvalue weighted by atomic mass is 10.3. The SMILES string of the molecule is C=CC1(C)OCCO1. The van der Waals surface area contributed by atoms with Crippen molar-refractivity contribution in [3.63, 3.8) is 0 Å². The quantitative estimate of drug-likeness (QED) is 0.472. The van der Waals surface area contributed by atoms with E-state index in [4.69, 9.17) is 9.47 Å².